The first-order chi connectivity index (χ1) is 8.39. The minimum Gasteiger partial charge on any atom is -0.388 e. The van der Waals surface area contributed by atoms with Gasteiger partial charge in [-0.3, -0.25) is 4.98 Å². The first kappa shape index (κ1) is 13.3. The zero-order valence-electron chi connectivity index (χ0n) is 9.81. The van der Waals surface area contributed by atoms with Crippen LogP contribution in [-0.4, -0.2) is 22.8 Å². The Morgan fingerprint density at radius 2 is 2.22 bits per heavy atom. The van der Waals surface area contributed by atoms with Gasteiger partial charge in [-0.05, 0) is 19.4 Å². The number of aliphatic hydroxyl groups is 1. The fourth-order valence-corrected chi connectivity index (χ4v) is 2.22. The van der Waals surface area contributed by atoms with Gasteiger partial charge in [-0.15, -0.1) is 0 Å². The molecule has 0 aromatic carbocycles. The van der Waals surface area contributed by atoms with Gasteiger partial charge >= 0.3 is 6.18 Å². The molecule has 3 nitrogen and oxygen atoms in total. The van der Waals surface area contributed by atoms with Crippen LogP contribution in [0, 0.1) is 5.92 Å². The summed E-state index contributed by atoms with van der Waals surface area (Å²) in [7, 11) is 0. The molecule has 0 radical (unpaired) electrons. The molecule has 1 fully saturated rings. The summed E-state index contributed by atoms with van der Waals surface area (Å²) in [6, 6.07) is 0.887. The summed E-state index contributed by atoms with van der Waals surface area (Å²) >= 11 is 0. The highest BCUT2D eigenvalue weighted by atomic mass is 19.4. The lowest BCUT2D eigenvalue weighted by Crippen LogP contribution is -2.18. The van der Waals surface area contributed by atoms with Gasteiger partial charge in [0.1, 0.15) is 0 Å². The smallest absolute Gasteiger partial charge is 0.388 e. The lowest BCUT2D eigenvalue weighted by molar-refractivity contribution is -0.139. The van der Waals surface area contributed by atoms with Gasteiger partial charge in [-0.1, -0.05) is 0 Å². The third-order valence-corrected chi connectivity index (χ3v) is 3.15. The number of hydrogen-bond donors (Lipinski definition) is 1. The van der Waals surface area contributed by atoms with E-state index in [2.05, 4.69) is 4.98 Å². The topological polar surface area (TPSA) is 42.4 Å². The van der Waals surface area contributed by atoms with E-state index in [4.69, 9.17) is 4.74 Å². The largest absolute Gasteiger partial charge is 0.416 e. The minimum atomic E-state index is -4.48. The number of alkyl halides is 3. The van der Waals surface area contributed by atoms with Crippen molar-refractivity contribution in [2.45, 2.75) is 31.7 Å². The van der Waals surface area contributed by atoms with Crippen LogP contribution in [0.3, 0.4) is 0 Å². The monoisotopic (exact) mass is 261 g/mol. The van der Waals surface area contributed by atoms with E-state index >= 15 is 0 Å². The zero-order valence-corrected chi connectivity index (χ0v) is 9.81. The van der Waals surface area contributed by atoms with Gasteiger partial charge < -0.3 is 9.84 Å². The maximum absolute atomic E-state index is 12.8. The highest BCUT2D eigenvalue weighted by Crippen LogP contribution is 2.38. The predicted molar refractivity (Wildman–Crippen MR) is 57.7 cm³/mol. The molecule has 0 aliphatic carbocycles. The van der Waals surface area contributed by atoms with Crippen LogP contribution >= 0.6 is 0 Å². The second-order valence-electron chi connectivity index (χ2n) is 4.55. The molecule has 3 unspecified atom stereocenters. The second kappa shape index (κ2) is 4.85. The van der Waals surface area contributed by atoms with Crippen molar-refractivity contribution in [1.29, 1.82) is 0 Å². The minimum absolute atomic E-state index is 0.0318. The molecule has 1 aromatic rings. The predicted octanol–water partition coefficient (Wildman–Crippen LogP) is 2.56. The molecule has 0 amide bonds. The molecule has 2 rings (SSSR count). The van der Waals surface area contributed by atoms with Crippen molar-refractivity contribution in [3.8, 4) is 0 Å². The van der Waals surface area contributed by atoms with E-state index in [1.54, 1.807) is 0 Å². The van der Waals surface area contributed by atoms with Gasteiger partial charge in [0.15, 0.2) is 0 Å². The molecule has 1 aromatic heterocycles. The van der Waals surface area contributed by atoms with Crippen LogP contribution < -0.4 is 0 Å². The summed E-state index contributed by atoms with van der Waals surface area (Å²) in [4.78, 5) is 3.67. The van der Waals surface area contributed by atoms with Gasteiger partial charge in [0.2, 0.25) is 0 Å². The van der Waals surface area contributed by atoms with Crippen molar-refractivity contribution < 1.29 is 23.0 Å². The number of pyridine rings is 1. The molecular formula is C12H14F3NO2. The number of aromatic nitrogens is 1. The molecule has 1 saturated heterocycles. The lowest BCUT2D eigenvalue weighted by Gasteiger charge is -2.20. The Morgan fingerprint density at radius 1 is 1.50 bits per heavy atom. The molecule has 1 aliphatic heterocycles. The number of aliphatic hydroxyl groups excluding tert-OH is 1. The summed E-state index contributed by atoms with van der Waals surface area (Å²) in [5.74, 6) is -0.315. The maximum Gasteiger partial charge on any atom is 0.416 e. The number of rotatable bonds is 2. The SMILES string of the molecule is CC1CC(C(O)c2cnccc2C(F)(F)F)CO1. The summed E-state index contributed by atoms with van der Waals surface area (Å²) in [5, 5.41) is 10.1. The van der Waals surface area contributed by atoms with Crippen molar-refractivity contribution in [2.75, 3.05) is 6.61 Å². The zero-order chi connectivity index (χ0) is 13.3. The summed E-state index contributed by atoms with van der Waals surface area (Å²) < 4.78 is 43.7. The van der Waals surface area contributed by atoms with Crippen molar-refractivity contribution in [3.05, 3.63) is 29.6 Å². The van der Waals surface area contributed by atoms with Crippen LogP contribution in [0.2, 0.25) is 0 Å². The average molecular weight is 261 g/mol. The van der Waals surface area contributed by atoms with E-state index in [-0.39, 0.29) is 24.2 Å². The fraction of sp³-hybridized carbons (Fsp3) is 0.583. The molecule has 0 bridgehead atoms. The second-order valence-corrected chi connectivity index (χ2v) is 4.55. The fourth-order valence-electron chi connectivity index (χ4n) is 2.22. The maximum atomic E-state index is 12.8. The Morgan fingerprint density at radius 3 is 2.78 bits per heavy atom. The van der Waals surface area contributed by atoms with E-state index in [1.165, 1.54) is 0 Å². The molecule has 6 heteroatoms. The Labute approximate surface area is 103 Å². The van der Waals surface area contributed by atoms with E-state index < -0.39 is 17.8 Å². The summed E-state index contributed by atoms with van der Waals surface area (Å²) in [6.07, 6.45) is -3.00. The standard InChI is InChI=1S/C12H14F3NO2/c1-7-4-8(6-18-7)11(17)9-5-16-3-2-10(9)12(13,14)15/h2-3,5,7-8,11,17H,4,6H2,1H3. The Kier molecular flexibility index (Phi) is 3.59. The van der Waals surface area contributed by atoms with Crippen molar-refractivity contribution in [1.82, 2.24) is 4.98 Å². The first-order valence-corrected chi connectivity index (χ1v) is 5.70. The van der Waals surface area contributed by atoms with Crippen LogP contribution in [0.1, 0.15) is 30.6 Å². The van der Waals surface area contributed by atoms with Crippen LogP contribution in [0.5, 0.6) is 0 Å². The number of hydrogen-bond acceptors (Lipinski definition) is 3. The van der Waals surface area contributed by atoms with E-state index in [0.717, 1.165) is 18.5 Å². The average Bonchev–Trinajstić information content (AvgIpc) is 2.74. The van der Waals surface area contributed by atoms with Crippen molar-refractivity contribution >= 4 is 0 Å². The molecule has 100 valence electrons. The first-order valence-electron chi connectivity index (χ1n) is 5.70. The molecule has 3 atom stereocenters. The van der Waals surface area contributed by atoms with Crippen LogP contribution in [-0.2, 0) is 10.9 Å². The highest BCUT2D eigenvalue weighted by molar-refractivity contribution is 5.28. The summed E-state index contributed by atoms with van der Waals surface area (Å²) in [5.41, 5.74) is -1.00. The highest BCUT2D eigenvalue weighted by Gasteiger charge is 2.38. The van der Waals surface area contributed by atoms with E-state index in [0.29, 0.717) is 6.42 Å². The van der Waals surface area contributed by atoms with Gasteiger partial charge in [0.05, 0.1) is 24.4 Å². The number of halogens is 3. The normalized spacial score (nSPS) is 26.3. The quantitative estimate of drug-likeness (QED) is 0.889. The van der Waals surface area contributed by atoms with Crippen molar-refractivity contribution in [3.63, 3.8) is 0 Å². The Bertz CT molecular complexity index is 422. The van der Waals surface area contributed by atoms with Gasteiger partial charge in [-0.25, -0.2) is 0 Å². The number of nitrogens with zero attached hydrogens (tertiary/aromatic N) is 1. The third-order valence-electron chi connectivity index (χ3n) is 3.15. The number of ether oxygens (including phenoxy) is 1. The molecule has 0 spiro atoms. The summed E-state index contributed by atoms with van der Waals surface area (Å²) in [6.45, 7) is 2.11. The third kappa shape index (κ3) is 2.64. The van der Waals surface area contributed by atoms with Crippen molar-refractivity contribution in [2.24, 2.45) is 5.92 Å². The molecule has 18 heavy (non-hydrogen) atoms. The van der Waals surface area contributed by atoms with E-state index in [9.17, 15) is 18.3 Å². The van der Waals surface area contributed by atoms with Gasteiger partial charge in [0, 0.05) is 23.9 Å². The van der Waals surface area contributed by atoms with Crippen LogP contribution in [0.15, 0.2) is 18.5 Å². The molecule has 1 aliphatic rings. The van der Waals surface area contributed by atoms with Gasteiger partial charge in [-0.2, -0.15) is 13.2 Å². The molecule has 2 heterocycles. The van der Waals surface area contributed by atoms with Crippen LogP contribution in [0.4, 0.5) is 13.2 Å². The Balaban J connectivity index is 2.28. The van der Waals surface area contributed by atoms with E-state index in [1.807, 2.05) is 6.92 Å². The lowest BCUT2D eigenvalue weighted by atomic mass is 9.92. The molecule has 0 saturated carbocycles. The van der Waals surface area contributed by atoms with Gasteiger partial charge in [0.25, 0.3) is 0 Å². The molecular weight excluding hydrogens is 247 g/mol. The molecule has 1 N–H and O–H groups in total. The Hall–Kier alpha value is -1.14. The van der Waals surface area contributed by atoms with Crippen LogP contribution in [0.25, 0.3) is 0 Å².